The zero-order valence-electron chi connectivity index (χ0n) is 16.8. The second-order valence-corrected chi connectivity index (χ2v) is 8.05. The van der Waals surface area contributed by atoms with Gasteiger partial charge in [0.2, 0.25) is 0 Å². The highest BCUT2D eigenvalue weighted by Crippen LogP contribution is 2.35. The molecular formula is C21H27N7. The quantitative estimate of drug-likeness (QED) is 0.739. The molecule has 5 rings (SSSR count). The Kier molecular flexibility index (Phi) is 4.19. The van der Waals surface area contributed by atoms with Gasteiger partial charge in [-0.2, -0.15) is 5.10 Å². The molecule has 1 saturated heterocycles. The molecule has 0 spiro atoms. The van der Waals surface area contributed by atoms with Crippen molar-refractivity contribution in [1.82, 2.24) is 25.1 Å². The lowest BCUT2D eigenvalue weighted by Crippen LogP contribution is -2.44. The fraction of sp³-hybridized carbons (Fsp3) is 0.476. The summed E-state index contributed by atoms with van der Waals surface area (Å²) >= 11 is 0. The first-order chi connectivity index (χ1) is 13.6. The van der Waals surface area contributed by atoms with Crippen LogP contribution in [0.3, 0.4) is 0 Å². The van der Waals surface area contributed by atoms with E-state index in [1.807, 2.05) is 17.9 Å². The van der Waals surface area contributed by atoms with Gasteiger partial charge in [0.1, 0.15) is 5.82 Å². The number of hydrogen-bond donors (Lipinski definition) is 1. The Morgan fingerprint density at radius 2 is 1.93 bits per heavy atom. The van der Waals surface area contributed by atoms with Crippen molar-refractivity contribution in [3.8, 4) is 0 Å². The molecule has 28 heavy (non-hydrogen) atoms. The molecular weight excluding hydrogens is 350 g/mol. The maximum atomic E-state index is 4.80. The zero-order valence-corrected chi connectivity index (χ0v) is 16.8. The van der Waals surface area contributed by atoms with Gasteiger partial charge in [-0.3, -0.25) is 4.68 Å². The van der Waals surface area contributed by atoms with Gasteiger partial charge in [0.25, 0.3) is 0 Å². The first-order valence-corrected chi connectivity index (χ1v) is 10.1. The molecule has 7 nitrogen and oxygen atoms in total. The predicted octanol–water partition coefficient (Wildman–Crippen LogP) is 2.21. The van der Waals surface area contributed by atoms with Gasteiger partial charge in [0, 0.05) is 58.2 Å². The van der Waals surface area contributed by atoms with Gasteiger partial charge >= 0.3 is 0 Å². The molecule has 0 saturated carbocycles. The highest BCUT2D eigenvalue weighted by atomic mass is 15.3. The molecule has 2 aliphatic heterocycles. The van der Waals surface area contributed by atoms with Crippen LogP contribution in [0.5, 0.6) is 0 Å². The number of aromatic nitrogens is 4. The van der Waals surface area contributed by atoms with E-state index in [9.17, 15) is 0 Å². The van der Waals surface area contributed by atoms with E-state index in [2.05, 4.69) is 57.4 Å². The Balaban J connectivity index is 1.49. The van der Waals surface area contributed by atoms with E-state index in [-0.39, 0.29) is 0 Å². The number of anilines is 2. The first-order valence-electron chi connectivity index (χ1n) is 10.1. The van der Waals surface area contributed by atoms with Crippen LogP contribution in [0.1, 0.15) is 29.7 Å². The maximum absolute atomic E-state index is 4.80. The summed E-state index contributed by atoms with van der Waals surface area (Å²) in [4.78, 5) is 14.3. The summed E-state index contributed by atoms with van der Waals surface area (Å²) in [5.74, 6) is 1.57. The summed E-state index contributed by atoms with van der Waals surface area (Å²) in [5.41, 5.74) is 5.95. The van der Waals surface area contributed by atoms with Gasteiger partial charge in [-0.25, -0.2) is 9.97 Å². The third-order valence-electron chi connectivity index (χ3n) is 5.99. The zero-order chi connectivity index (χ0) is 19.3. The van der Waals surface area contributed by atoms with Crippen LogP contribution in [0.2, 0.25) is 0 Å². The van der Waals surface area contributed by atoms with Crippen molar-refractivity contribution in [1.29, 1.82) is 0 Å². The van der Waals surface area contributed by atoms with Crippen molar-refractivity contribution in [2.45, 2.75) is 26.3 Å². The van der Waals surface area contributed by atoms with E-state index >= 15 is 0 Å². The van der Waals surface area contributed by atoms with E-state index < -0.39 is 0 Å². The molecule has 1 fully saturated rings. The number of hydrogen-bond acceptors (Lipinski definition) is 6. The van der Waals surface area contributed by atoms with Crippen LogP contribution in [-0.4, -0.2) is 52.5 Å². The van der Waals surface area contributed by atoms with E-state index in [1.54, 1.807) is 0 Å². The van der Waals surface area contributed by atoms with Crippen LogP contribution < -0.4 is 15.1 Å². The highest BCUT2D eigenvalue weighted by molar-refractivity contribution is 5.89. The molecule has 3 aromatic rings. The van der Waals surface area contributed by atoms with E-state index in [0.717, 1.165) is 61.8 Å². The van der Waals surface area contributed by atoms with Gasteiger partial charge < -0.3 is 15.1 Å². The van der Waals surface area contributed by atoms with Gasteiger partial charge in [0.15, 0.2) is 5.65 Å². The van der Waals surface area contributed by atoms with E-state index in [1.165, 1.54) is 16.8 Å². The molecule has 2 aliphatic rings. The third-order valence-corrected chi connectivity index (χ3v) is 5.99. The summed E-state index contributed by atoms with van der Waals surface area (Å²) in [6, 6.07) is 4.50. The number of aryl methyl sites for hydroxylation is 2. The minimum atomic E-state index is 0.452. The van der Waals surface area contributed by atoms with Crippen molar-refractivity contribution in [2.24, 2.45) is 7.05 Å². The fourth-order valence-corrected chi connectivity index (χ4v) is 4.51. The molecule has 3 aromatic heterocycles. The Morgan fingerprint density at radius 1 is 1.11 bits per heavy atom. The van der Waals surface area contributed by atoms with Gasteiger partial charge in [0.05, 0.1) is 17.3 Å². The molecule has 0 unspecified atom stereocenters. The second-order valence-electron chi connectivity index (χ2n) is 8.05. The van der Waals surface area contributed by atoms with Gasteiger partial charge in [-0.1, -0.05) is 6.92 Å². The monoisotopic (exact) mass is 377 g/mol. The van der Waals surface area contributed by atoms with Gasteiger partial charge in [-0.05, 0) is 36.1 Å². The first kappa shape index (κ1) is 17.4. The average molecular weight is 377 g/mol. The number of nitrogens with zero attached hydrogens (tertiary/aromatic N) is 6. The largest absolute Gasteiger partial charge is 0.366 e. The number of nitrogens with one attached hydrogen (secondary N) is 1. The van der Waals surface area contributed by atoms with Crippen LogP contribution in [0.4, 0.5) is 11.5 Å². The number of pyridine rings is 2. The Labute approximate surface area is 165 Å². The molecule has 1 atom stereocenters. The lowest BCUT2D eigenvalue weighted by molar-refractivity contribution is 0.582. The highest BCUT2D eigenvalue weighted by Gasteiger charge is 2.26. The van der Waals surface area contributed by atoms with Crippen LogP contribution in [0.15, 0.2) is 24.5 Å². The topological polar surface area (TPSA) is 62.1 Å². The Bertz CT molecular complexity index is 1020. The van der Waals surface area contributed by atoms with Gasteiger partial charge in [-0.15, -0.1) is 0 Å². The Hall–Kier alpha value is -2.67. The molecule has 0 radical (unpaired) electrons. The van der Waals surface area contributed by atoms with Crippen molar-refractivity contribution >= 4 is 22.5 Å². The summed E-state index contributed by atoms with van der Waals surface area (Å²) < 4.78 is 1.86. The van der Waals surface area contributed by atoms with Crippen molar-refractivity contribution < 1.29 is 0 Å². The fourth-order valence-electron chi connectivity index (χ4n) is 4.51. The molecule has 0 aliphatic carbocycles. The van der Waals surface area contributed by atoms with Crippen LogP contribution in [-0.2, 0) is 13.6 Å². The normalized spacial score (nSPS) is 19.9. The minimum Gasteiger partial charge on any atom is -0.366 e. The van der Waals surface area contributed by atoms with Crippen LogP contribution in [0, 0.1) is 6.92 Å². The summed E-state index contributed by atoms with van der Waals surface area (Å²) in [6.07, 6.45) is 4.02. The van der Waals surface area contributed by atoms with Crippen LogP contribution >= 0.6 is 0 Å². The molecule has 1 N–H and O–H groups in total. The second kappa shape index (κ2) is 6.74. The predicted molar refractivity (Wildman–Crippen MR) is 112 cm³/mol. The number of piperazine rings is 1. The smallest absolute Gasteiger partial charge is 0.159 e. The van der Waals surface area contributed by atoms with Crippen molar-refractivity contribution in [3.63, 3.8) is 0 Å². The minimum absolute atomic E-state index is 0.452. The summed E-state index contributed by atoms with van der Waals surface area (Å²) in [5, 5.41) is 8.96. The van der Waals surface area contributed by atoms with Crippen LogP contribution in [0.25, 0.3) is 11.0 Å². The third kappa shape index (κ3) is 2.90. The maximum Gasteiger partial charge on any atom is 0.159 e. The molecule has 5 heterocycles. The lowest BCUT2D eigenvalue weighted by Gasteiger charge is -2.36. The SMILES string of the molecule is Cc1cc(N2Cc3cnc(N4CCNCC4)cc3[C@@H](C)C2)c2cnn(C)c2n1. The van der Waals surface area contributed by atoms with E-state index in [4.69, 9.17) is 4.98 Å². The standard InChI is InChI=1S/C21H27N7/c1-14-12-28(19-8-15(2)25-21-18(19)11-24-26(21)3)13-16-10-23-20(9-17(14)16)27-6-4-22-5-7-27/h8-11,14,22H,4-7,12-13H2,1-3H3/t14-/m0/s1. The molecule has 0 aromatic carbocycles. The molecule has 7 heteroatoms. The summed E-state index contributed by atoms with van der Waals surface area (Å²) in [6.45, 7) is 10.4. The average Bonchev–Trinajstić information content (AvgIpc) is 3.08. The number of rotatable bonds is 2. The summed E-state index contributed by atoms with van der Waals surface area (Å²) in [7, 11) is 1.95. The van der Waals surface area contributed by atoms with Crippen molar-refractivity contribution in [2.75, 3.05) is 42.5 Å². The molecule has 0 bridgehead atoms. The number of fused-ring (bicyclic) bond motifs is 2. The molecule has 0 amide bonds. The Morgan fingerprint density at radius 3 is 2.75 bits per heavy atom. The van der Waals surface area contributed by atoms with Crippen molar-refractivity contribution in [3.05, 3.63) is 41.3 Å². The van der Waals surface area contributed by atoms with E-state index in [0.29, 0.717) is 5.92 Å². The molecule has 146 valence electrons. The lowest BCUT2D eigenvalue weighted by atomic mass is 9.91.